The highest BCUT2D eigenvalue weighted by Gasteiger charge is 2.29. The van der Waals surface area contributed by atoms with Crippen LogP contribution >= 0.6 is 0 Å². The Morgan fingerprint density at radius 2 is 1.89 bits per heavy atom. The van der Waals surface area contributed by atoms with Crippen LogP contribution in [0.15, 0.2) is 24.3 Å². The molecule has 0 spiro atoms. The molecule has 19 heavy (non-hydrogen) atoms. The van der Waals surface area contributed by atoms with Crippen LogP contribution in [-0.2, 0) is 0 Å². The van der Waals surface area contributed by atoms with Gasteiger partial charge in [0.15, 0.2) is 0 Å². The van der Waals surface area contributed by atoms with Gasteiger partial charge in [-0.2, -0.15) is 0 Å². The van der Waals surface area contributed by atoms with E-state index < -0.39 is 0 Å². The molecule has 1 aliphatic carbocycles. The van der Waals surface area contributed by atoms with Gasteiger partial charge in [0, 0.05) is 25.2 Å². The Kier molecular flexibility index (Phi) is 4.87. The summed E-state index contributed by atoms with van der Waals surface area (Å²) in [5, 5.41) is 10.2. The van der Waals surface area contributed by atoms with Crippen molar-refractivity contribution >= 4 is 5.69 Å². The average Bonchev–Trinajstić information content (AvgIpc) is 2.42. The molecule has 0 aromatic heterocycles. The third-order valence-corrected chi connectivity index (χ3v) is 4.61. The van der Waals surface area contributed by atoms with Crippen molar-refractivity contribution in [2.75, 3.05) is 18.5 Å². The molecule has 0 amide bonds. The number of hydrogen-bond donors (Lipinski definition) is 1. The maximum Gasteiger partial charge on any atom is 0.0585 e. The molecule has 0 radical (unpaired) electrons. The molecule has 0 saturated heterocycles. The molecule has 1 N–H and O–H groups in total. The van der Waals surface area contributed by atoms with E-state index >= 15 is 0 Å². The van der Waals surface area contributed by atoms with Crippen LogP contribution in [0, 0.1) is 18.8 Å². The lowest BCUT2D eigenvalue weighted by Crippen LogP contribution is -2.37. The second kappa shape index (κ2) is 6.42. The van der Waals surface area contributed by atoms with Crippen molar-refractivity contribution in [3.8, 4) is 0 Å². The van der Waals surface area contributed by atoms with Gasteiger partial charge < -0.3 is 10.0 Å². The smallest absolute Gasteiger partial charge is 0.0585 e. The fourth-order valence-electron chi connectivity index (χ4n) is 3.17. The zero-order valence-electron chi connectivity index (χ0n) is 12.5. The van der Waals surface area contributed by atoms with Crippen LogP contribution in [-0.4, -0.2) is 24.8 Å². The van der Waals surface area contributed by atoms with Crippen LogP contribution in [0.25, 0.3) is 0 Å². The van der Waals surface area contributed by atoms with E-state index in [9.17, 15) is 5.11 Å². The van der Waals surface area contributed by atoms with E-state index in [0.29, 0.717) is 5.92 Å². The number of anilines is 1. The summed E-state index contributed by atoms with van der Waals surface area (Å²) in [7, 11) is 2.13. The zero-order chi connectivity index (χ0) is 13.8. The van der Waals surface area contributed by atoms with Crippen LogP contribution < -0.4 is 4.90 Å². The zero-order valence-corrected chi connectivity index (χ0v) is 12.5. The summed E-state index contributed by atoms with van der Waals surface area (Å²) in [4.78, 5) is 2.28. The van der Waals surface area contributed by atoms with Crippen molar-refractivity contribution in [1.82, 2.24) is 0 Å². The predicted molar refractivity (Wildman–Crippen MR) is 81.6 cm³/mol. The minimum Gasteiger partial charge on any atom is -0.393 e. The number of nitrogens with zero attached hydrogens (tertiary/aromatic N) is 1. The first-order chi connectivity index (χ1) is 9.10. The van der Waals surface area contributed by atoms with Crippen LogP contribution in [0.2, 0.25) is 0 Å². The molecule has 0 bridgehead atoms. The molecule has 1 aromatic carbocycles. The number of aliphatic hydroxyl groups excluding tert-OH is 1. The number of benzene rings is 1. The summed E-state index contributed by atoms with van der Waals surface area (Å²) in [6.07, 6.45) is 4.48. The standard InChI is InChI=1S/C17H27NO/c1-4-14-7-10-17(19)15(11-14)12-18(3)16-8-5-13(2)6-9-16/h5-6,8-9,14-15,17,19H,4,7,10-12H2,1-3H3. The lowest BCUT2D eigenvalue weighted by atomic mass is 9.78. The van der Waals surface area contributed by atoms with E-state index in [-0.39, 0.29) is 6.10 Å². The molecule has 1 aliphatic rings. The Labute approximate surface area is 117 Å². The number of hydrogen-bond acceptors (Lipinski definition) is 2. The van der Waals surface area contributed by atoms with E-state index in [0.717, 1.165) is 18.9 Å². The van der Waals surface area contributed by atoms with Crippen molar-refractivity contribution in [2.24, 2.45) is 11.8 Å². The van der Waals surface area contributed by atoms with Crippen LogP contribution in [0.1, 0.15) is 38.2 Å². The van der Waals surface area contributed by atoms with Gasteiger partial charge in [0.1, 0.15) is 0 Å². The van der Waals surface area contributed by atoms with Gasteiger partial charge in [-0.3, -0.25) is 0 Å². The molecule has 0 aliphatic heterocycles. The average molecular weight is 261 g/mol. The Hall–Kier alpha value is -1.02. The van der Waals surface area contributed by atoms with Gasteiger partial charge in [-0.25, -0.2) is 0 Å². The first-order valence-electron chi connectivity index (χ1n) is 7.56. The van der Waals surface area contributed by atoms with Crippen molar-refractivity contribution in [1.29, 1.82) is 0 Å². The van der Waals surface area contributed by atoms with Gasteiger partial charge in [0.05, 0.1) is 6.10 Å². The first kappa shape index (κ1) is 14.4. The van der Waals surface area contributed by atoms with Gasteiger partial charge in [-0.05, 0) is 44.2 Å². The lowest BCUT2D eigenvalue weighted by Gasteiger charge is -2.36. The Bertz CT molecular complexity index is 387. The summed E-state index contributed by atoms with van der Waals surface area (Å²) >= 11 is 0. The van der Waals surface area contributed by atoms with E-state index in [1.807, 2.05) is 0 Å². The highest BCUT2D eigenvalue weighted by molar-refractivity contribution is 5.46. The minimum absolute atomic E-state index is 0.115. The number of rotatable bonds is 4. The molecular weight excluding hydrogens is 234 g/mol. The molecule has 2 nitrogen and oxygen atoms in total. The number of aryl methyl sites for hydroxylation is 1. The monoisotopic (exact) mass is 261 g/mol. The quantitative estimate of drug-likeness (QED) is 0.895. The van der Waals surface area contributed by atoms with Gasteiger partial charge in [0.2, 0.25) is 0 Å². The highest BCUT2D eigenvalue weighted by atomic mass is 16.3. The molecule has 3 unspecified atom stereocenters. The molecule has 0 heterocycles. The highest BCUT2D eigenvalue weighted by Crippen LogP contribution is 2.32. The summed E-state index contributed by atoms with van der Waals surface area (Å²) < 4.78 is 0. The van der Waals surface area contributed by atoms with Crippen LogP contribution in [0.5, 0.6) is 0 Å². The van der Waals surface area contributed by atoms with E-state index in [4.69, 9.17) is 0 Å². The summed E-state index contributed by atoms with van der Waals surface area (Å²) in [6, 6.07) is 8.64. The third-order valence-electron chi connectivity index (χ3n) is 4.61. The topological polar surface area (TPSA) is 23.5 Å². The minimum atomic E-state index is -0.115. The first-order valence-corrected chi connectivity index (χ1v) is 7.56. The second-order valence-corrected chi connectivity index (χ2v) is 6.13. The molecule has 106 valence electrons. The largest absolute Gasteiger partial charge is 0.393 e. The van der Waals surface area contributed by atoms with Gasteiger partial charge in [-0.15, -0.1) is 0 Å². The molecule has 1 aromatic rings. The van der Waals surface area contributed by atoms with Gasteiger partial charge in [-0.1, -0.05) is 31.0 Å². The van der Waals surface area contributed by atoms with Crippen LogP contribution in [0.4, 0.5) is 5.69 Å². The molecule has 3 atom stereocenters. The van der Waals surface area contributed by atoms with E-state index in [2.05, 4.69) is 50.1 Å². The maximum absolute atomic E-state index is 10.2. The normalized spacial score (nSPS) is 27.3. The third kappa shape index (κ3) is 3.73. The summed E-state index contributed by atoms with van der Waals surface area (Å²) in [5.41, 5.74) is 2.54. The van der Waals surface area contributed by atoms with Gasteiger partial charge in [0.25, 0.3) is 0 Å². The Morgan fingerprint density at radius 1 is 1.21 bits per heavy atom. The molecule has 2 heteroatoms. The van der Waals surface area contributed by atoms with Gasteiger partial charge >= 0.3 is 0 Å². The number of aliphatic hydroxyl groups is 1. The summed E-state index contributed by atoms with van der Waals surface area (Å²) in [5.74, 6) is 1.23. The fourth-order valence-corrected chi connectivity index (χ4v) is 3.17. The summed E-state index contributed by atoms with van der Waals surface area (Å²) in [6.45, 7) is 5.34. The fraction of sp³-hybridized carbons (Fsp3) is 0.647. The molecule has 1 fully saturated rings. The predicted octanol–water partition coefficient (Wildman–Crippen LogP) is 3.62. The second-order valence-electron chi connectivity index (χ2n) is 6.13. The molecule has 1 saturated carbocycles. The molecular formula is C17H27NO. The van der Waals surface area contributed by atoms with Crippen molar-refractivity contribution < 1.29 is 5.11 Å². The Balaban J connectivity index is 1.97. The van der Waals surface area contributed by atoms with Crippen molar-refractivity contribution in [2.45, 2.75) is 45.6 Å². The van der Waals surface area contributed by atoms with Crippen molar-refractivity contribution in [3.63, 3.8) is 0 Å². The van der Waals surface area contributed by atoms with E-state index in [1.165, 1.54) is 30.5 Å². The van der Waals surface area contributed by atoms with Crippen LogP contribution in [0.3, 0.4) is 0 Å². The maximum atomic E-state index is 10.2. The molecule has 2 rings (SSSR count). The van der Waals surface area contributed by atoms with Crippen molar-refractivity contribution in [3.05, 3.63) is 29.8 Å². The lowest BCUT2D eigenvalue weighted by molar-refractivity contribution is 0.0511. The van der Waals surface area contributed by atoms with E-state index in [1.54, 1.807) is 0 Å². The Morgan fingerprint density at radius 3 is 2.53 bits per heavy atom. The SMILES string of the molecule is CCC1CCC(O)C(CN(C)c2ccc(C)cc2)C1.